The first-order chi connectivity index (χ1) is 14.1. The lowest BCUT2D eigenvalue weighted by atomic mass is 9.84. The van der Waals surface area contributed by atoms with E-state index in [1.807, 2.05) is 6.92 Å². The lowest BCUT2D eigenvalue weighted by Gasteiger charge is -2.39. The number of aliphatic hydroxyl groups is 6. The highest BCUT2D eigenvalue weighted by molar-refractivity contribution is 6.07. The lowest BCUT2D eigenvalue weighted by molar-refractivity contribution is -0.300. The molecule has 7 atom stereocenters. The van der Waals surface area contributed by atoms with E-state index in [1.54, 1.807) is 13.0 Å². The van der Waals surface area contributed by atoms with Crippen molar-refractivity contribution in [1.82, 2.24) is 0 Å². The first-order valence-electron chi connectivity index (χ1n) is 9.97. The van der Waals surface area contributed by atoms with Crippen LogP contribution in [0.4, 0.5) is 0 Å². The van der Waals surface area contributed by atoms with E-state index < -0.39 is 55.4 Å². The maximum Gasteiger partial charge on any atom is 0.186 e. The van der Waals surface area contributed by atoms with Gasteiger partial charge in [0.1, 0.15) is 24.4 Å². The zero-order valence-electron chi connectivity index (χ0n) is 17.3. The van der Waals surface area contributed by atoms with Gasteiger partial charge in [0.15, 0.2) is 12.1 Å². The fraction of sp³-hybridized carbons (Fsp3) is 0.667. The van der Waals surface area contributed by atoms with Gasteiger partial charge < -0.3 is 40.1 Å². The Bertz CT molecular complexity index is 808. The number of hydrogen-bond acceptors (Lipinski definition) is 9. The quantitative estimate of drug-likeness (QED) is 0.332. The summed E-state index contributed by atoms with van der Waals surface area (Å²) in [4.78, 5) is 12.9. The highest BCUT2D eigenvalue weighted by Gasteiger charge is 2.50. The molecule has 0 saturated carbocycles. The molecule has 1 heterocycles. The van der Waals surface area contributed by atoms with Gasteiger partial charge in [0.25, 0.3) is 0 Å². The number of ketones is 1. The van der Waals surface area contributed by atoms with E-state index in [-0.39, 0.29) is 12.4 Å². The molecule has 1 aliphatic carbocycles. The molecule has 0 spiro atoms. The minimum Gasteiger partial charge on any atom is -0.395 e. The van der Waals surface area contributed by atoms with E-state index in [2.05, 4.69) is 0 Å². The summed E-state index contributed by atoms with van der Waals surface area (Å²) in [5.74, 6) is -0.305. The van der Waals surface area contributed by atoms with Crippen LogP contribution < -0.4 is 0 Å². The summed E-state index contributed by atoms with van der Waals surface area (Å²) in [5.41, 5.74) is 2.02. The second-order valence-electron chi connectivity index (χ2n) is 8.39. The van der Waals surface area contributed by atoms with Crippen LogP contribution in [0, 0.1) is 19.3 Å². The number of fused-ring (bicyclic) bond motifs is 1. The fourth-order valence-electron chi connectivity index (χ4n) is 4.35. The average molecular weight is 426 g/mol. The van der Waals surface area contributed by atoms with E-state index in [1.165, 1.54) is 6.92 Å². The van der Waals surface area contributed by atoms with Crippen LogP contribution >= 0.6 is 0 Å². The second kappa shape index (κ2) is 8.60. The largest absolute Gasteiger partial charge is 0.395 e. The van der Waals surface area contributed by atoms with Crippen LogP contribution in [0.5, 0.6) is 0 Å². The van der Waals surface area contributed by atoms with Crippen molar-refractivity contribution >= 4 is 5.78 Å². The summed E-state index contributed by atoms with van der Waals surface area (Å²) in [6.45, 7) is 4.25. The first-order valence-corrected chi connectivity index (χ1v) is 9.97. The molecule has 0 aromatic heterocycles. The Kier molecular flexibility index (Phi) is 6.66. The van der Waals surface area contributed by atoms with Gasteiger partial charge in [-0.15, -0.1) is 0 Å². The number of benzene rings is 1. The molecule has 30 heavy (non-hydrogen) atoms. The second-order valence-corrected chi connectivity index (χ2v) is 8.39. The topological polar surface area (TPSA) is 157 Å². The maximum absolute atomic E-state index is 12.9. The number of carbonyl (C=O) groups is 1. The Morgan fingerprint density at radius 1 is 1.10 bits per heavy atom. The van der Waals surface area contributed by atoms with Crippen LogP contribution in [-0.2, 0) is 15.9 Å². The van der Waals surface area contributed by atoms with Crippen LogP contribution in [0.25, 0.3) is 0 Å². The number of aryl methyl sites for hydroxylation is 1. The van der Waals surface area contributed by atoms with Crippen molar-refractivity contribution in [2.24, 2.45) is 5.41 Å². The van der Waals surface area contributed by atoms with Crippen molar-refractivity contribution in [3.8, 4) is 0 Å². The number of hydrogen-bond donors (Lipinski definition) is 6. The Morgan fingerprint density at radius 3 is 2.37 bits per heavy atom. The minimum absolute atomic E-state index is 0.0805. The van der Waals surface area contributed by atoms with E-state index in [0.717, 1.165) is 11.1 Å². The molecule has 1 aromatic rings. The summed E-state index contributed by atoms with van der Waals surface area (Å²) in [7, 11) is 0. The van der Waals surface area contributed by atoms with E-state index in [0.29, 0.717) is 23.1 Å². The van der Waals surface area contributed by atoms with Gasteiger partial charge in [-0.2, -0.15) is 0 Å². The summed E-state index contributed by atoms with van der Waals surface area (Å²) < 4.78 is 10.9. The van der Waals surface area contributed by atoms with Crippen molar-refractivity contribution in [2.45, 2.75) is 64.0 Å². The third-order valence-electron chi connectivity index (χ3n) is 6.42. The van der Waals surface area contributed by atoms with Crippen molar-refractivity contribution < 1.29 is 44.9 Å². The molecule has 2 aliphatic rings. The minimum atomic E-state index is -1.51. The van der Waals surface area contributed by atoms with Gasteiger partial charge in [-0.05, 0) is 49.4 Å². The summed E-state index contributed by atoms with van der Waals surface area (Å²) in [6, 6.07) is 1.75. The number of ether oxygens (including phenoxy) is 2. The standard InChI is InChI=1S/C21H30O9/c1-9-6-12-14(19(28)21(3,8-23)18(12)27)10(2)11(9)4-5-29-20-17(26)16(25)15(24)13(7-22)30-20/h6,13,15-18,20,22-27H,4-5,7-8H2,1-3H3/t13-,15-,16+,17-,18-,20-,21+/m1/s1. The molecule has 9 heteroatoms. The highest BCUT2D eigenvalue weighted by atomic mass is 16.7. The fourth-order valence-corrected chi connectivity index (χ4v) is 4.35. The third-order valence-corrected chi connectivity index (χ3v) is 6.42. The van der Waals surface area contributed by atoms with Crippen LogP contribution in [-0.4, -0.2) is 86.9 Å². The molecule has 9 nitrogen and oxygen atoms in total. The molecule has 3 rings (SSSR count). The van der Waals surface area contributed by atoms with E-state index in [4.69, 9.17) is 9.47 Å². The van der Waals surface area contributed by atoms with Crippen LogP contribution in [0.15, 0.2) is 6.07 Å². The number of carbonyl (C=O) groups excluding carboxylic acids is 1. The first kappa shape index (κ1) is 23.2. The van der Waals surface area contributed by atoms with Gasteiger partial charge in [-0.3, -0.25) is 4.79 Å². The van der Waals surface area contributed by atoms with Gasteiger partial charge in [-0.1, -0.05) is 6.07 Å². The molecular weight excluding hydrogens is 396 g/mol. The number of aliphatic hydroxyl groups excluding tert-OH is 6. The predicted octanol–water partition coefficient (Wildman–Crippen LogP) is -1.11. The highest BCUT2D eigenvalue weighted by Crippen LogP contribution is 2.47. The summed E-state index contributed by atoms with van der Waals surface area (Å²) in [5, 5.41) is 59.2. The maximum atomic E-state index is 12.9. The zero-order chi connectivity index (χ0) is 22.4. The molecule has 1 saturated heterocycles. The zero-order valence-corrected chi connectivity index (χ0v) is 17.3. The molecule has 0 bridgehead atoms. The smallest absolute Gasteiger partial charge is 0.186 e. The summed E-state index contributed by atoms with van der Waals surface area (Å²) >= 11 is 0. The molecule has 6 N–H and O–H groups in total. The van der Waals surface area contributed by atoms with Crippen LogP contribution in [0.1, 0.15) is 45.6 Å². The molecule has 168 valence electrons. The van der Waals surface area contributed by atoms with Gasteiger partial charge in [0, 0.05) is 5.56 Å². The van der Waals surface area contributed by atoms with Crippen LogP contribution in [0.3, 0.4) is 0 Å². The van der Waals surface area contributed by atoms with E-state index in [9.17, 15) is 35.4 Å². The monoisotopic (exact) mass is 426 g/mol. The predicted molar refractivity (Wildman–Crippen MR) is 104 cm³/mol. The average Bonchev–Trinajstić information content (AvgIpc) is 2.91. The van der Waals surface area contributed by atoms with Gasteiger partial charge in [0.05, 0.1) is 31.3 Å². The van der Waals surface area contributed by atoms with Crippen LogP contribution in [0.2, 0.25) is 0 Å². The SMILES string of the molecule is Cc1cc2c(c(C)c1CCO[C@@H]1O[C@H](CO)[C@@H](O)[C@H](O)[C@H]1O)C(=O)[C@@](C)(CO)[C@@H]2O. The molecule has 0 amide bonds. The van der Waals surface area contributed by atoms with Gasteiger partial charge >= 0.3 is 0 Å². The van der Waals surface area contributed by atoms with Crippen molar-refractivity contribution in [2.75, 3.05) is 19.8 Å². The normalized spacial score (nSPS) is 36.2. The molecule has 0 unspecified atom stereocenters. The third kappa shape index (κ3) is 3.59. The Balaban J connectivity index is 1.76. The van der Waals surface area contributed by atoms with Gasteiger partial charge in [0.2, 0.25) is 0 Å². The van der Waals surface area contributed by atoms with E-state index >= 15 is 0 Å². The molecule has 1 aromatic carbocycles. The van der Waals surface area contributed by atoms with Gasteiger partial charge in [-0.25, -0.2) is 0 Å². The van der Waals surface area contributed by atoms with Crippen molar-refractivity contribution in [3.63, 3.8) is 0 Å². The molecular formula is C21H30O9. The Morgan fingerprint density at radius 2 is 1.77 bits per heavy atom. The summed E-state index contributed by atoms with van der Waals surface area (Å²) in [6.07, 6.45) is -7.44. The molecule has 0 radical (unpaired) electrons. The lowest BCUT2D eigenvalue weighted by Crippen LogP contribution is -2.59. The molecule has 1 fully saturated rings. The Labute approximate surface area is 174 Å². The number of Topliss-reactive ketones (excluding diaryl/α,β-unsaturated/α-hetero) is 1. The van der Waals surface area contributed by atoms with Crippen molar-refractivity contribution in [1.29, 1.82) is 0 Å². The van der Waals surface area contributed by atoms with Crippen molar-refractivity contribution in [3.05, 3.63) is 33.9 Å². The number of rotatable bonds is 6. The Hall–Kier alpha value is -1.43. The molecule has 1 aliphatic heterocycles.